The van der Waals surface area contributed by atoms with Crippen LogP contribution in [0.2, 0.25) is 0 Å². The zero-order chi connectivity index (χ0) is 15.5. The summed E-state index contributed by atoms with van der Waals surface area (Å²) in [4.78, 5) is 10.6. The van der Waals surface area contributed by atoms with E-state index in [1.165, 1.54) is 6.20 Å². The summed E-state index contributed by atoms with van der Waals surface area (Å²) in [6.07, 6.45) is 1.46. The summed E-state index contributed by atoms with van der Waals surface area (Å²) in [6, 6.07) is 6.21. The molecular weight excluding hydrogens is 298 g/mol. The van der Waals surface area contributed by atoms with Gasteiger partial charge in [0.25, 0.3) is 0 Å². The topological polar surface area (TPSA) is 129 Å². The van der Waals surface area contributed by atoms with E-state index in [1.54, 1.807) is 12.1 Å². The third kappa shape index (κ3) is 3.52. The van der Waals surface area contributed by atoms with E-state index >= 15 is 0 Å². The van der Waals surface area contributed by atoms with Gasteiger partial charge in [0.2, 0.25) is 10.0 Å². The van der Waals surface area contributed by atoms with Gasteiger partial charge in [-0.2, -0.15) is 10.2 Å². The van der Waals surface area contributed by atoms with Crippen molar-refractivity contribution in [1.29, 1.82) is 0 Å². The van der Waals surface area contributed by atoms with Gasteiger partial charge < -0.3 is 10.2 Å². The molecule has 0 unspecified atom stereocenters. The minimum absolute atomic E-state index is 0.0839. The van der Waals surface area contributed by atoms with Crippen LogP contribution in [0.4, 0.5) is 0 Å². The number of phenols is 1. The van der Waals surface area contributed by atoms with Crippen LogP contribution in [0.5, 0.6) is 5.75 Å². The Labute approximate surface area is 120 Å². The molecule has 2 rings (SSSR count). The maximum atomic E-state index is 12.1. The maximum absolute atomic E-state index is 12.1. The van der Waals surface area contributed by atoms with Crippen LogP contribution in [-0.2, 0) is 16.6 Å². The molecule has 9 heteroatoms. The van der Waals surface area contributed by atoms with E-state index in [0.29, 0.717) is 5.69 Å². The molecule has 0 spiro atoms. The monoisotopic (exact) mass is 309 g/mol. The number of carboxylic acids is 1. The van der Waals surface area contributed by atoms with Crippen LogP contribution in [0.1, 0.15) is 16.1 Å². The Kier molecular flexibility index (Phi) is 4.15. The number of hydrogen-bond donors (Lipinski definition) is 3. The molecule has 0 bridgehead atoms. The van der Waals surface area contributed by atoms with Crippen LogP contribution in [-0.4, -0.2) is 34.8 Å². The van der Waals surface area contributed by atoms with Crippen molar-refractivity contribution in [3.63, 3.8) is 0 Å². The van der Waals surface area contributed by atoms with E-state index in [-0.39, 0.29) is 11.4 Å². The lowest BCUT2D eigenvalue weighted by molar-refractivity contribution is 0.0693. The van der Waals surface area contributed by atoms with Gasteiger partial charge in [-0.05, 0) is 30.3 Å². The zero-order valence-electron chi connectivity index (χ0n) is 10.6. The van der Waals surface area contributed by atoms with Gasteiger partial charge in [-0.1, -0.05) is 0 Å². The summed E-state index contributed by atoms with van der Waals surface area (Å²) in [5, 5.41) is 25.6. The molecule has 2 aromatic rings. The van der Waals surface area contributed by atoms with E-state index in [9.17, 15) is 18.3 Å². The Hall–Kier alpha value is -2.52. The number of nitrogens with zero attached hydrogens (tertiary/aromatic N) is 2. The molecule has 1 heterocycles. The average molecular weight is 309 g/mol. The Morgan fingerprint density at radius 1 is 1.29 bits per heavy atom. The van der Waals surface area contributed by atoms with Gasteiger partial charge in [-0.25, -0.2) is 17.9 Å². The number of aromatic carboxylic acids is 1. The molecule has 0 fully saturated rings. The first kappa shape index (κ1) is 14.9. The Balaban J connectivity index is 2.24. The lowest BCUT2D eigenvalue weighted by Gasteiger charge is -2.07. The molecule has 110 valence electrons. The van der Waals surface area contributed by atoms with Crippen molar-refractivity contribution in [3.05, 3.63) is 47.8 Å². The molecule has 0 atom stereocenters. The van der Waals surface area contributed by atoms with E-state index in [2.05, 4.69) is 14.9 Å². The van der Waals surface area contributed by atoms with Gasteiger partial charge in [0, 0.05) is 6.20 Å². The first-order valence-corrected chi connectivity index (χ1v) is 7.21. The van der Waals surface area contributed by atoms with Crippen LogP contribution in [0.3, 0.4) is 0 Å². The van der Waals surface area contributed by atoms with E-state index < -0.39 is 27.3 Å². The van der Waals surface area contributed by atoms with Crippen LogP contribution in [0.25, 0.3) is 0 Å². The normalized spacial score (nSPS) is 11.2. The number of rotatable bonds is 5. The third-order valence-corrected chi connectivity index (χ3v) is 3.98. The molecule has 1 aromatic heterocycles. The second-order valence-corrected chi connectivity index (χ2v) is 5.79. The highest BCUT2D eigenvalue weighted by molar-refractivity contribution is 7.89. The van der Waals surface area contributed by atoms with E-state index in [1.807, 2.05) is 0 Å². The number of nitrogens with one attached hydrogen (secondary N) is 1. The first-order chi connectivity index (χ1) is 9.90. The summed E-state index contributed by atoms with van der Waals surface area (Å²) in [5.41, 5.74) is -0.0734. The molecule has 0 aliphatic heterocycles. The summed E-state index contributed by atoms with van der Waals surface area (Å²) in [7, 11) is -3.92. The molecule has 0 radical (unpaired) electrons. The van der Waals surface area contributed by atoms with Crippen molar-refractivity contribution in [2.24, 2.45) is 0 Å². The maximum Gasteiger partial charge on any atom is 0.339 e. The summed E-state index contributed by atoms with van der Waals surface area (Å²) in [6.45, 7) is -0.0839. The van der Waals surface area contributed by atoms with Gasteiger partial charge in [0.15, 0.2) is 0 Å². The summed E-state index contributed by atoms with van der Waals surface area (Å²) >= 11 is 0. The van der Waals surface area contributed by atoms with Crippen LogP contribution in [0, 0.1) is 0 Å². The number of aromatic nitrogens is 2. The van der Waals surface area contributed by atoms with E-state index in [4.69, 9.17) is 5.11 Å². The number of carboxylic acid groups (broad SMARTS) is 1. The molecule has 21 heavy (non-hydrogen) atoms. The quantitative estimate of drug-likeness (QED) is 0.727. The fourth-order valence-electron chi connectivity index (χ4n) is 1.53. The second-order valence-electron chi connectivity index (χ2n) is 4.02. The Morgan fingerprint density at radius 3 is 2.67 bits per heavy atom. The van der Waals surface area contributed by atoms with Crippen LogP contribution < -0.4 is 4.72 Å². The van der Waals surface area contributed by atoms with Gasteiger partial charge in [0.1, 0.15) is 11.3 Å². The van der Waals surface area contributed by atoms with Crippen molar-refractivity contribution >= 4 is 16.0 Å². The van der Waals surface area contributed by atoms with Crippen molar-refractivity contribution < 1.29 is 23.4 Å². The average Bonchev–Trinajstić information content (AvgIpc) is 2.46. The summed E-state index contributed by atoms with van der Waals surface area (Å²) < 4.78 is 26.4. The van der Waals surface area contributed by atoms with Gasteiger partial charge in [0.05, 0.1) is 17.1 Å². The number of aromatic hydroxyl groups is 1. The van der Waals surface area contributed by atoms with Crippen molar-refractivity contribution in [1.82, 2.24) is 14.9 Å². The number of sulfonamides is 1. The molecule has 1 aromatic carbocycles. The highest BCUT2D eigenvalue weighted by atomic mass is 32.2. The Morgan fingerprint density at radius 2 is 2.05 bits per heavy atom. The SMILES string of the molecule is O=C(O)c1cc(S(=O)(=O)NCc2cccnn2)ccc1O. The van der Waals surface area contributed by atoms with Crippen LogP contribution >= 0.6 is 0 Å². The van der Waals surface area contributed by atoms with Crippen molar-refractivity contribution in [2.45, 2.75) is 11.4 Å². The minimum atomic E-state index is -3.92. The minimum Gasteiger partial charge on any atom is -0.507 e. The fourth-order valence-corrected chi connectivity index (χ4v) is 2.56. The second kappa shape index (κ2) is 5.85. The standard InChI is InChI=1S/C12H11N3O5S/c16-11-4-3-9(6-10(11)12(17)18)21(19,20)14-7-8-2-1-5-13-15-8/h1-6,14,16H,7H2,(H,17,18). The smallest absolute Gasteiger partial charge is 0.339 e. The largest absolute Gasteiger partial charge is 0.507 e. The van der Waals surface area contributed by atoms with Gasteiger partial charge in [-0.3, -0.25) is 0 Å². The molecule has 8 nitrogen and oxygen atoms in total. The molecule has 0 amide bonds. The number of carbonyl (C=O) groups is 1. The zero-order valence-corrected chi connectivity index (χ0v) is 11.4. The number of benzene rings is 1. The number of hydrogen-bond acceptors (Lipinski definition) is 6. The first-order valence-electron chi connectivity index (χ1n) is 5.73. The predicted octanol–water partition coefficient (Wildman–Crippen LogP) is 0.359. The predicted molar refractivity (Wildman–Crippen MR) is 71.1 cm³/mol. The molecule has 0 aliphatic rings. The highest BCUT2D eigenvalue weighted by Crippen LogP contribution is 2.21. The third-order valence-electron chi connectivity index (χ3n) is 2.58. The van der Waals surface area contributed by atoms with Gasteiger partial charge >= 0.3 is 5.97 Å². The Bertz CT molecular complexity index is 762. The van der Waals surface area contributed by atoms with Crippen molar-refractivity contribution in [3.8, 4) is 5.75 Å². The molecule has 0 saturated carbocycles. The summed E-state index contributed by atoms with van der Waals surface area (Å²) in [5.74, 6) is -1.92. The van der Waals surface area contributed by atoms with Crippen LogP contribution in [0.15, 0.2) is 41.4 Å². The fraction of sp³-hybridized carbons (Fsp3) is 0.0833. The molecule has 3 N–H and O–H groups in total. The lowest BCUT2D eigenvalue weighted by atomic mass is 10.2. The lowest BCUT2D eigenvalue weighted by Crippen LogP contribution is -2.24. The highest BCUT2D eigenvalue weighted by Gasteiger charge is 2.18. The van der Waals surface area contributed by atoms with Crippen molar-refractivity contribution in [2.75, 3.05) is 0 Å². The van der Waals surface area contributed by atoms with E-state index in [0.717, 1.165) is 18.2 Å². The molecule has 0 saturated heterocycles. The van der Waals surface area contributed by atoms with Gasteiger partial charge in [-0.15, -0.1) is 0 Å². The molecular formula is C12H11N3O5S. The molecule has 0 aliphatic carbocycles.